The smallest absolute Gasteiger partial charge is 0.258 e. The second-order valence-corrected chi connectivity index (χ2v) is 8.26. The summed E-state index contributed by atoms with van der Waals surface area (Å²) in [7, 11) is 1.61. The maximum absolute atomic E-state index is 13.3. The Bertz CT molecular complexity index is 844. The summed E-state index contributed by atoms with van der Waals surface area (Å²) < 4.78 is 11.4. The van der Waals surface area contributed by atoms with E-state index in [0.717, 1.165) is 30.7 Å². The summed E-state index contributed by atoms with van der Waals surface area (Å²) in [4.78, 5) is 17.7. The molecule has 0 radical (unpaired) electrons. The Balaban J connectivity index is 1.39. The molecule has 0 aromatic heterocycles. The van der Waals surface area contributed by atoms with Crippen molar-refractivity contribution in [3.8, 4) is 11.5 Å². The number of hydrogen-bond donors (Lipinski definition) is 0. The van der Waals surface area contributed by atoms with E-state index in [9.17, 15) is 4.79 Å². The van der Waals surface area contributed by atoms with Crippen LogP contribution in [0.1, 0.15) is 48.0 Å². The van der Waals surface area contributed by atoms with Crippen LogP contribution in [0.25, 0.3) is 0 Å². The molecule has 2 aromatic carbocycles. The molecule has 2 aliphatic rings. The Kier molecular flexibility index (Phi) is 6.90. The molecule has 30 heavy (non-hydrogen) atoms. The number of benzene rings is 2. The van der Waals surface area contributed by atoms with Crippen molar-refractivity contribution < 1.29 is 14.3 Å². The normalized spacial score (nSPS) is 16.8. The Labute approximate surface area is 179 Å². The van der Waals surface area contributed by atoms with Crippen LogP contribution in [0.2, 0.25) is 0 Å². The van der Waals surface area contributed by atoms with Gasteiger partial charge in [-0.2, -0.15) is 0 Å². The first kappa shape index (κ1) is 20.7. The highest BCUT2D eigenvalue weighted by Crippen LogP contribution is 2.32. The fourth-order valence-corrected chi connectivity index (χ4v) is 4.13. The highest BCUT2D eigenvalue weighted by atomic mass is 16.5. The van der Waals surface area contributed by atoms with Gasteiger partial charge < -0.3 is 14.4 Å². The standard InChI is InChI=1S/C25H32N2O3/c1-29-24-11-4-3-10-23(24)25(28)27(21-12-13-21)19-20-8-7-9-22(18-20)30-17-16-26-14-5-2-6-15-26/h3-4,7-11,18,21H,2,5-6,12-17,19H2,1H3. The molecule has 1 heterocycles. The lowest BCUT2D eigenvalue weighted by atomic mass is 10.1. The zero-order valence-electron chi connectivity index (χ0n) is 17.9. The summed E-state index contributed by atoms with van der Waals surface area (Å²) in [6.45, 7) is 4.64. The lowest BCUT2D eigenvalue weighted by Gasteiger charge is -2.26. The molecule has 5 nitrogen and oxygen atoms in total. The highest BCUT2D eigenvalue weighted by Gasteiger charge is 2.34. The predicted molar refractivity (Wildman–Crippen MR) is 118 cm³/mol. The molecule has 1 saturated heterocycles. The summed E-state index contributed by atoms with van der Waals surface area (Å²) in [6, 6.07) is 15.9. The van der Waals surface area contributed by atoms with Gasteiger partial charge in [0.05, 0.1) is 12.7 Å². The van der Waals surface area contributed by atoms with Crippen LogP contribution in [0.5, 0.6) is 11.5 Å². The number of ether oxygens (including phenoxy) is 2. The van der Waals surface area contributed by atoms with Crippen molar-refractivity contribution in [2.45, 2.75) is 44.7 Å². The second-order valence-electron chi connectivity index (χ2n) is 8.26. The molecule has 0 bridgehead atoms. The first-order chi connectivity index (χ1) is 14.7. The topological polar surface area (TPSA) is 42.0 Å². The quantitative estimate of drug-likeness (QED) is 0.618. The first-order valence-electron chi connectivity index (χ1n) is 11.1. The minimum absolute atomic E-state index is 0.0337. The average molecular weight is 409 g/mol. The molecule has 160 valence electrons. The van der Waals surface area contributed by atoms with Gasteiger partial charge in [0.1, 0.15) is 18.1 Å². The largest absolute Gasteiger partial charge is 0.496 e. The van der Waals surface area contributed by atoms with Crippen LogP contribution in [0, 0.1) is 0 Å². The second kappa shape index (κ2) is 9.98. The Morgan fingerprint density at radius 2 is 1.87 bits per heavy atom. The van der Waals surface area contributed by atoms with Gasteiger partial charge in [-0.25, -0.2) is 0 Å². The van der Waals surface area contributed by atoms with Crippen molar-refractivity contribution >= 4 is 5.91 Å². The van der Waals surface area contributed by atoms with Gasteiger partial charge >= 0.3 is 0 Å². The van der Waals surface area contributed by atoms with Gasteiger partial charge in [-0.15, -0.1) is 0 Å². The summed E-state index contributed by atoms with van der Waals surface area (Å²) in [5.41, 5.74) is 1.72. The third-order valence-corrected chi connectivity index (χ3v) is 5.96. The molecule has 4 rings (SSSR count). The zero-order chi connectivity index (χ0) is 20.8. The van der Waals surface area contributed by atoms with Crippen molar-refractivity contribution in [1.29, 1.82) is 0 Å². The molecule has 5 heteroatoms. The van der Waals surface area contributed by atoms with E-state index < -0.39 is 0 Å². The number of rotatable bonds is 9. The van der Waals surface area contributed by atoms with Crippen LogP contribution in [-0.4, -0.2) is 55.1 Å². The van der Waals surface area contributed by atoms with Crippen molar-refractivity contribution in [3.63, 3.8) is 0 Å². The third-order valence-electron chi connectivity index (χ3n) is 5.96. The van der Waals surface area contributed by atoms with Crippen molar-refractivity contribution in [1.82, 2.24) is 9.80 Å². The van der Waals surface area contributed by atoms with Crippen LogP contribution in [0.3, 0.4) is 0 Å². The van der Waals surface area contributed by atoms with Crippen LogP contribution in [0.15, 0.2) is 48.5 Å². The number of nitrogens with zero attached hydrogens (tertiary/aromatic N) is 2. The number of likely N-dealkylation sites (tertiary alicyclic amines) is 1. The molecule has 1 saturated carbocycles. The van der Waals surface area contributed by atoms with Crippen molar-refractivity contribution in [3.05, 3.63) is 59.7 Å². The van der Waals surface area contributed by atoms with Gasteiger partial charge in [-0.1, -0.05) is 30.7 Å². The van der Waals surface area contributed by atoms with E-state index in [0.29, 0.717) is 30.5 Å². The van der Waals surface area contributed by atoms with Crippen molar-refractivity contribution in [2.75, 3.05) is 33.4 Å². The minimum Gasteiger partial charge on any atom is -0.496 e. The zero-order valence-corrected chi connectivity index (χ0v) is 17.9. The van der Waals surface area contributed by atoms with Crippen LogP contribution >= 0.6 is 0 Å². The van der Waals surface area contributed by atoms with Gasteiger partial charge in [0.25, 0.3) is 5.91 Å². The monoisotopic (exact) mass is 408 g/mol. The van der Waals surface area contributed by atoms with Gasteiger partial charge in [0, 0.05) is 19.1 Å². The maximum Gasteiger partial charge on any atom is 0.258 e. The SMILES string of the molecule is COc1ccccc1C(=O)N(Cc1cccc(OCCN2CCCCC2)c1)C1CC1. The molecule has 1 aliphatic carbocycles. The number of hydrogen-bond acceptors (Lipinski definition) is 4. The van der Waals surface area contributed by atoms with E-state index in [1.165, 1.54) is 32.4 Å². The molecular weight excluding hydrogens is 376 g/mol. The summed E-state index contributed by atoms with van der Waals surface area (Å²) in [5, 5.41) is 0. The molecule has 1 aliphatic heterocycles. The first-order valence-corrected chi connectivity index (χ1v) is 11.1. The Morgan fingerprint density at radius 3 is 2.63 bits per heavy atom. The fraction of sp³-hybridized carbons (Fsp3) is 0.480. The predicted octanol–water partition coefficient (Wildman–Crippen LogP) is 4.36. The molecule has 1 amide bonds. The Morgan fingerprint density at radius 1 is 1.07 bits per heavy atom. The van der Waals surface area contributed by atoms with Crippen LogP contribution in [-0.2, 0) is 6.54 Å². The lowest BCUT2D eigenvalue weighted by Crippen LogP contribution is -2.33. The number of carbonyl (C=O) groups excluding carboxylic acids is 1. The molecule has 2 aromatic rings. The van der Waals surface area contributed by atoms with E-state index in [1.54, 1.807) is 7.11 Å². The van der Waals surface area contributed by atoms with E-state index >= 15 is 0 Å². The van der Waals surface area contributed by atoms with Gasteiger partial charge in [-0.05, 0) is 68.6 Å². The average Bonchev–Trinajstić information content (AvgIpc) is 3.63. The number of methoxy groups -OCH3 is 1. The molecule has 0 unspecified atom stereocenters. The Hall–Kier alpha value is -2.53. The van der Waals surface area contributed by atoms with E-state index in [-0.39, 0.29) is 5.91 Å². The van der Waals surface area contributed by atoms with Gasteiger partial charge in [0.15, 0.2) is 0 Å². The summed E-state index contributed by atoms with van der Waals surface area (Å²) >= 11 is 0. The molecule has 2 fully saturated rings. The maximum atomic E-state index is 13.3. The van der Waals surface area contributed by atoms with Crippen LogP contribution < -0.4 is 9.47 Å². The molecule has 0 N–H and O–H groups in total. The third kappa shape index (κ3) is 5.33. The van der Waals surface area contributed by atoms with E-state index in [4.69, 9.17) is 9.47 Å². The highest BCUT2D eigenvalue weighted by molar-refractivity contribution is 5.97. The number of amides is 1. The van der Waals surface area contributed by atoms with Crippen LogP contribution in [0.4, 0.5) is 0 Å². The molecule has 0 spiro atoms. The van der Waals surface area contributed by atoms with Crippen molar-refractivity contribution in [2.24, 2.45) is 0 Å². The number of piperidine rings is 1. The minimum atomic E-state index is 0.0337. The number of carbonyl (C=O) groups is 1. The number of para-hydroxylation sites is 1. The summed E-state index contributed by atoms with van der Waals surface area (Å²) in [5.74, 6) is 1.54. The van der Waals surface area contributed by atoms with E-state index in [1.807, 2.05) is 41.3 Å². The van der Waals surface area contributed by atoms with E-state index in [2.05, 4.69) is 17.0 Å². The van der Waals surface area contributed by atoms with Gasteiger partial charge in [-0.3, -0.25) is 9.69 Å². The summed E-state index contributed by atoms with van der Waals surface area (Å²) in [6.07, 6.45) is 6.07. The molecule has 0 atom stereocenters. The lowest BCUT2D eigenvalue weighted by molar-refractivity contribution is 0.0726. The fourth-order valence-electron chi connectivity index (χ4n) is 4.13. The van der Waals surface area contributed by atoms with Gasteiger partial charge in [0.2, 0.25) is 0 Å². The molecular formula is C25H32N2O3.